The molecule has 1 atom stereocenters. The van der Waals surface area contributed by atoms with Gasteiger partial charge < -0.3 is 28.4 Å². The maximum absolute atomic E-state index is 11.0. The number of hydrogen-bond acceptors (Lipinski definition) is 2. The summed E-state index contributed by atoms with van der Waals surface area (Å²) in [6.07, 6.45) is 1.36. The van der Waals surface area contributed by atoms with Crippen LogP contribution in [-0.2, 0) is 9.59 Å². The Hall–Kier alpha value is -1.85. The van der Waals surface area contributed by atoms with Crippen LogP contribution in [0, 0.1) is 0 Å². The number of hydrogen-bond donors (Lipinski definition) is 3. The molecule has 0 amide bonds. The maximum Gasteiger partial charge on any atom is 0.362 e. The van der Waals surface area contributed by atoms with Gasteiger partial charge in [0.2, 0.25) is 0 Å². The Balaban J connectivity index is 0.00000289. The molecule has 6 heteroatoms. The average Bonchev–Trinajstić information content (AvgIpc) is 2.29. The molecule has 5 nitrogen and oxygen atoms in total. The fraction of sp³-hybridized carbons (Fsp3) is 0.167. The Morgan fingerprint density at radius 2 is 1.78 bits per heavy atom. The van der Waals surface area contributed by atoms with E-state index in [9.17, 15) is 9.59 Å². The summed E-state index contributed by atoms with van der Waals surface area (Å²) >= 11 is 0. The van der Waals surface area contributed by atoms with Crippen LogP contribution in [0.3, 0.4) is 0 Å². The number of benzene rings is 1. The third kappa shape index (κ3) is 4.99. The Morgan fingerprint density at radius 1 is 1.22 bits per heavy atom. The van der Waals surface area contributed by atoms with E-state index in [2.05, 4.69) is 5.73 Å². The van der Waals surface area contributed by atoms with Gasteiger partial charge in [-0.1, -0.05) is 30.3 Å². The second-order valence-corrected chi connectivity index (χ2v) is 3.62. The molecule has 0 saturated heterocycles. The molecule has 1 rings (SSSR count). The normalized spacial score (nSPS) is 12.4. The van der Waals surface area contributed by atoms with Gasteiger partial charge in [-0.15, -0.1) is 0 Å². The summed E-state index contributed by atoms with van der Waals surface area (Å²) in [5, 5.41) is 17.7. The first-order chi connectivity index (χ1) is 8.00. The molecule has 0 aliphatic carbocycles. The number of carboxylic acid groups (broad SMARTS) is 2. The Bertz CT molecular complexity index is 445. The van der Waals surface area contributed by atoms with Crippen LogP contribution in [0.15, 0.2) is 35.9 Å². The lowest BCUT2D eigenvalue weighted by Crippen LogP contribution is -3.00. The number of carbonyl (C=O) groups is 2. The lowest BCUT2D eigenvalue weighted by atomic mass is 10.0. The second-order valence-electron chi connectivity index (χ2n) is 3.62. The van der Waals surface area contributed by atoms with Crippen molar-refractivity contribution in [2.24, 2.45) is 0 Å². The predicted octanol–water partition coefficient (Wildman–Crippen LogP) is -2.76. The van der Waals surface area contributed by atoms with E-state index in [0.717, 1.165) is 5.56 Å². The Morgan fingerprint density at radius 3 is 2.22 bits per heavy atom. The Kier molecular flexibility index (Phi) is 6.70. The highest BCUT2D eigenvalue weighted by Crippen LogP contribution is 2.11. The van der Waals surface area contributed by atoms with Crippen molar-refractivity contribution in [2.45, 2.75) is 12.5 Å². The summed E-state index contributed by atoms with van der Waals surface area (Å²) < 4.78 is 0. The van der Waals surface area contributed by atoms with E-state index in [4.69, 9.17) is 10.2 Å². The number of carboxylic acids is 2. The number of halogens is 1. The van der Waals surface area contributed by atoms with E-state index in [0.29, 0.717) is 0 Å². The van der Waals surface area contributed by atoms with Crippen molar-refractivity contribution in [2.75, 3.05) is 0 Å². The minimum Gasteiger partial charge on any atom is -1.00 e. The molecule has 0 aliphatic rings. The molecule has 0 heterocycles. The standard InChI is InChI=1S/C12H13NO4.ClH/c13-10(12(16)17)7-9(11(14)15)6-8-4-2-1-3-5-8;/h1-6,10H,7,13H2,(H,14,15)(H,16,17);1H/b9-6+;/t10-;/m1./s1. The van der Waals surface area contributed by atoms with Gasteiger partial charge in [0, 0.05) is 12.0 Å². The van der Waals surface area contributed by atoms with Crippen molar-refractivity contribution in [3.05, 3.63) is 41.5 Å². The molecule has 0 saturated carbocycles. The molecule has 0 fully saturated rings. The van der Waals surface area contributed by atoms with Gasteiger partial charge in [0.05, 0.1) is 0 Å². The van der Waals surface area contributed by atoms with Gasteiger partial charge in [-0.25, -0.2) is 9.59 Å². The fourth-order valence-corrected chi connectivity index (χ4v) is 1.31. The molecular formula is C12H14ClNO4. The quantitative estimate of drug-likeness (QED) is 0.505. The van der Waals surface area contributed by atoms with Crippen molar-refractivity contribution >= 4 is 18.0 Å². The summed E-state index contributed by atoms with van der Waals surface area (Å²) in [5.41, 5.74) is 4.16. The van der Waals surface area contributed by atoms with Crippen molar-refractivity contribution in [1.82, 2.24) is 0 Å². The molecule has 0 unspecified atom stereocenters. The van der Waals surface area contributed by atoms with Gasteiger partial charge in [-0.2, -0.15) is 0 Å². The number of aliphatic carboxylic acids is 2. The first-order valence-electron chi connectivity index (χ1n) is 5.05. The number of quaternary nitrogens is 1. The topological polar surface area (TPSA) is 102 Å². The number of rotatable bonds is 5. The maximum atomic E-state index is 11.0. The largest absolute Gasteiger partial charge is 1.00 e. The lowest BCUT2D eigenvalue weighted by molar-refractivity contribution is -0.406. The summed E-state index contributed by atoms with van der Waals surface area (Å²) in [4.78, 5) is 21.6. The van der Waals surface area contributed by atoms with Crippen molar-refractivity contribution < 1.29 is 37.9 Å². The molecule has 5 N–H and O–H groups in total. The van der Waals surface area contributed by atoms with Crippen LogP contribution < -0.4 is 18.1 Å². The summed E-state index contributed by atoms with van der Waals surface area (Å²) in [7, 11) is 0. The first kappa shape index (κ1) is 16.1. The van der Waals surface area contributed by atoms with Crippen LogP contribution in [0.5, 0.6) is 0 Å². The van der Waals surface area contributed by atoms with Gasteiger partial charge >= 0.3 is 11.9 Å². The SMILES string of the molecule is [Cl-].[NH3+][C@H](C/C(=C\c1ccccc1)C(=O)O)C(=O)O. The smallest absolute Gasteiger partial charge is 0.362 e. The highest BCUT2D eigenvalue weighted by Gasteiger charge is 2.21. The van der Waals surface area contributed by atoms with E-state index >= 15 is 0 Å². The lowest BCUT2D eigenvalue weighted by Gasteiger charge is -2.04. The highest BCUT2D eigenvalue weighted by molar-refractivity contribution is 5.93. The highest BCUT2D eigenvalue weighted by atomic mass is 35.5. The van der Waals surface area contributed by atoms with Crippen LogP contribution in [0.2, 0.25) is 0 Å². The monoisotopic (exact) mass is 271 g/mol. The van der Waals surface area contributed by atoms with E-state index in [1.165, 1.54) is 6.08 Å². The van der Waals surface area contributed by atoms with Gasteiger partial charge in [-0.05, 0) is 11.6 Å². The summed E-state index contributed by atoms with van der Waals surface area (Å²) in [6, 6.07) is 7.93. The molecule has 0 radical (unpaired) electrons. The predicted molar refractivity (Wildman–Crippen MR) is 61.0 cm³/mol. The molecule has 98 valence electrons. The third-order valence-corrected chi connectivity index (χ3v) is 2.23. The van der Waals surface area contributed by atoms with Crippen LogP contribution >= 0.6 is 0 Å². The van der Waals surface area contributed by atoms with Crippen LogP contribution in [0.1, 0.15) is 12.0 Å². The second kappa shape index (κ2) is 7.47. The van der Waals surface area contributed by atoms with Gasteiger partial charge in [0.25, 0.3) is 0 Å². The van der Waals surface area contributed by atoms with Crippen molar-refractivity contribution in [3.63, 3.8) is 0 Å². The molecule has 1 aromatic carbocycles. The molecule has 0 aliphatic heterocycles. The zero-order chi connectivity index (χ0) is 12.8. The van der Waals surface area contributed by atoms with Gasteiger partial charge in [-0.3, -0.25) is 0 Å². The molecule has 0 spiro atoms. The molecule has 18 heavy (non-hydrogen) atoms. The van der Waals surface area contributed by atoms with E-state index in [1.54, 1.807) is 24.3 Å². The average molecular weight is 272 g/mol. The van der Waals surface area contributed by atoms with E-state index in [1.807, 2.05) is 6.07 Å². The van der Waals surface area contributed by atoms with Crippen LogP contribution in [0.4, 0.5) is 0 Å². The molecule has 0 bridgehead atoms. The van der Waals surface area contributed by atoms with Crippen molar-refractivity contribution in [1.29, 1.82) is 0 Å². The molecule has 1 aromatic rings. The Labute approximate surface area is 110 Å². The molecular weight excluding hydrogens is 258 g/mol. The minimum atomic E-state index is -1.12. The van der Waals surface area contributed by atoms with Gasteiger partial charge in [0.1, 0.15) is 0 Å². The van der Waals surface area contributed by atoms with E-state index in [-0.39, 0.29) is 24.4 Å². The zero-order valence-corrected chi connectivity index (χ0v) is 10.3. The van der Waals surface area contributed by atoms with Gasteiger partial charge in [0.15, 0.2) is 6.04 Å². The van der Waals surface area contributed by atoms with Crippen LogP contribution in [0.25, 0.3) is 6.08 Å². The fourth-order valence-electron chi connectivity index (χ4n) is 1.31. The zero-order valence-electron chi connectivity index (χ0n) is 9.54. The summed E-state index contributed by atoms with van der Waals surface area (Å²) in [6.45, 7) is 0. The minimum absolute atomic E-state index is 0. The van der Waals surface area contributed by atoms with Crippen LogP contribution in [-0.4, -0.2) is 28.2 Å². The van der Waals surface area contributed by atoms with Crippen molar-refractivity contribution in [3.8, 4) is 0 Å². The summed E-state index contributed by atoms with van der Waals surface area (Å²) in [5.74, 6) is -2.23. The van der Waals surface area contributed by atoms with E-state index < -0.39 is 18.0 Å². The first-order valence-corrected chi connectivity index (χ1v) is 5.05. The molecule has 0 aromatic heterocycles. The third-order valence-electron chi connectivity index (χ3n) is 2.23.